The van der Waals surface area contributed by atoms with Crippen molar-refractivity contribution < 1.29 is 14.7 Å². The molecule has 1 aromatic carbocycles. The van der Waals surface area contributed by atoms with Gasteiger partial charge >= 0.3 is 0 Å². The first-order valence-electron chi connectivity index (χ1n) is 9.71. The number of hydroxylamine groups is 2. The van der Waals surface area contributed by atoms with E-state index in [-0.39, 0.29) is 12.5 Å². The predicted octanol–water partition coefficient (Wildman–Crippen LogP) is 1.63. The summed E-state index contributed by atoms with van der Waals surface area (Å²) < 4.78 is 1.55. The van der Waals surface area contributed by atoms with E-state index in [0.29, 0.717) is 29.5 Å². The molecule has 0 aliphatic carbocycles. The Morgan fingerprint density at radius 2 is 2.10 bits per heavy atom. The standard InChI is InChI=1S/C19H25ClN8O3/c1-4-17(28-24-18(23-25-28)13-5-7-14(20)8-6-13)19(30)22-15-9-21-27(10-15)12-16(29)11-26(2)31-3/h5-10,16-17,29H,4,11-12H2,1-3H3,(H,22,30)/t16-,17-/m1/s1. The van der Waals surface area contributed by atoms with E-state index in [4.69, 9.17) is 16.4 Å². The Hall–Kier alpha value is -2.86. The average molecular weight is 449 g/mol. The van der Waals surface area contributed by atoms with Gasteiger partial charge in [0.05, 0.1) is 38.2 Å². The average Bonchev–Trinajstić information content (AvgIpc) is 3.39. The quantitative estimate of drug-likeness (QED) is 0.448. The lowest BCUT2D eigenvalue weighted by Gasteiger charge is -2.17. The molecule has 2 heterocycles. The van der Waals surface area contributed by atoms with E-state index >= 15 is 0 Å². The van der Waals surface area contributed by atoms with Gasteiger partial charge < -0.3 is 15.3 Å². The number of amides is 1. The van der Waals surface area contributed by atoms with Crippen LogP contribution in [0.5, 0.6) is 0 Å². The first-order chi connectivity index (χ1) is 14.9. The molecule has 0 fully saturated rings. The molecule has 0 aliphatic rings. The summed E-state index contributed by atoms with van der Waals surface area (Å²) >= 11 is 5.91. The van der Waals surface area contributed by atoms with Gasteiger partial charge in [0.25, 0.3) is 5.91 Å². The lowest BCUT2D eigenvalue weighted by Crippen LogP contribution is -2.31. The minimum Gasteiger partial charge on any atom is -0.390 e. The van der Waals surface area contributed by atoms with Crippen molar-refractivity contribution in [2.75, 3.05) is 26.0 Å². The van der Waals surface area contributed by atoms with E-state index in [1.807, 2.05) is 6.92 Å². The summed E-state index contributed by atoms with van der Waals surface area (Å²) in [6.07, 6.45) is 2.96. The Balaban J connectivity index is 1.63. The summed E-state index contributed by atoms with van der Waals surface area (Å²) in [4.78, 5) is 19.1. The Morgan fingerprint density at radius 3 is 2.77 bits per heavy atom. The zero-order valence-electron chi connectivity index (χ0n) is 17.5. The molecule has 0 saturated carbocycles. The second-order valence-electron chi connectivity index (χ2n) is 6.95. The number of aliphatic hydroxyl groups excluding tert-OH is 1. The van der Waals surface area contributed by atoms with E-state index < -0.39 is 12.1 Å². The van der Waals surface area contributed by atoms with Crippen LogP contribution >= 0.6 is 11.6 Å². The van der Waals surface area contributed by atoms with Gasteiger partial charge in [0.15, 0.2) is 6.04 Å². The number of halogens is 1. The number of likely N-dealkylation sites (N-methyl/N-ethyl adjacent to an activating group) is 1. The summed E-state index contributed by atoms with van der Waals surface area (Å²) in [5.74, 6) is 0.118. The number of hydrogen-bond acceptors (Lipinski definition) is 8. The normalized spacial score (nSPS) is 13.4. The van der Waals surface area contributed by atoms with Gasteiger partial charge in [-0.2, -0.15) is 15.0 Å². The molecule has 1 amide bonds. The second-order valence-corrected chi connectivity index (χ2v) is 7.39. The van der Waals surface area contributed by atoms with Crippen LogP contribution in [0.4, 0.5) is 5.69 Å². The van der Waals surface area contributed by atoms with Gasteiger partial charge in [-0.3, -0.25) is 9.48 Å². The van der Waals surface area contributed by atoms with E-state index in [9.17, 15) is 9.90 Å². The van der Waals surface area contributed by atoms with Crippen LogP contribution in [0.15, 0.2) is 36.7 Å². The maximum atomic E-state index is 12.8. The largest absolute Gasteiger partial charge is 0.390 e. The van der Waals surface area contributed by atoms with Crippen molar-refractivity contribution in [1.29, 1.82) is 0 Å². The number of anilines is 1. The molecule has 2 aromatic heterocycles. The number of carbonyl (C=O) groups is 1. The summed E-state index contributed by atoms with van der Waals surface area (Å²) in [5, 5.41) is 31.6. The van der Waals surface area contributed by atoms with E-state index in [1.165, 1.54) is 23.2 Å². The van der Waals surface area contributed by atoms with Crippen LogP contribution < -0.4 is 5.32 Å². The molecule has 0 aliphatic heterocycles. The van der Waals surface area contributed by atoms with Crippen molar-refractivity contribution in [3.63, 3.8) is 0 Å². The fourth-order valence-electron chi connectivity index (χ4n) is 2.92. The summed E-state index contributed by atoms with van der Waals surface area (Å²) in [6.45, 7) is 2.45. The highest BCUT2D eigenvalue weighted by atomic mass is 35.5. The maximum absolute atomic E-state index is 12.8. The Morgan fingerprint density at radius 1 is 1.35 bits per heavy atom. The summed E-state index contributed by atoms with van der Waals surface area (Å²) in [5.41, 5.74) is 1.26. The minimum atomic E-state index is -0.678. The van der Waals surface area contributed by atoms with Crippen LogP contribution in [0.3, 0.4) is 0 Å². The van der Waals surface area contributed by atoms with E-state index in [0.717, 1.165) is 5.56 Å². The molecule has 12 heteroatoms. The van der Waals surface area contributed by atoms with Crippen molar-refractivity contribution in [2.45, 2.75) is 32.0 Å². The van der Waals surface area contributed by atoms with Crippen molar-refractivity contribution in [1.82, 2.24) is 35.1 Å². The highest BCUT2D eigenvalue weighted by Crippen LogP contribution is 2.19. The first-order valence-corrected chi connectivity index (χ1v) is 10.1. The Kier molecular flexibility index (Phi) is 7.69. The number of rotatable bonds is 10. The molecule has 3 rings (SSSR count). The molecule has 0 unspecified atom stereocenters. The van der Waals surface area contributed by atoms with Crippen LogP contribution in [-0.4, -0.2) is 72.9 Å². The highest BCUT2D eigenvalue weighted by Gasteiger charge is 2.23. The number of carbonyl (C=O) groups excluding carboxylic acids is 1. The molecular weight excluding hydrogens is 424 g/mol. The Labute approximate surface area is 184 Å². The zero-order chi connectivity index (χ0) is 22.4. The molecule has 0 saturated heterocycles. The number of tetrazole rings is 1. The maximum Gasteiger partial charge on any atom is 0.251 e. The van der Waals surface area contributed by atoms with Crippen molar-refractivity contribution in [3.8, 4) is 11.4 Å². The van der Waals surface area contributed by atoms with Crippen molar-refractivity contribution in [3.05, 3.63) is 41.7 Å². The third-order valence-corrected chi connectivity index (χ3v) is 4.83. The molecule has 0 radical (unpaired) electrons. The fourth-order valence-corrected chi connectivity index (χ4v) is 3.05. The number of aromatic nitrogens is 6. The van der Waals surface area contributed by atoms with E-state index in [1.54, 1.807) is 42.2 Å². The highest BCUT2D eigenvalue weighted by molar-refractivity contribution is 6.30. The lowest BCUT2D eigenvalue weighted by molar-refractivity contribution is -0.129. The molecule has 3 aromatic rings. The molecule has 0 spiro atoms. The first kappa shape index (κ1) is 22.8. The summed E-state index contributed by atoms with van der Waals surface area (Å²) in [7, 11) is 3.25. The number of aliphatic hydroxyl groups is 1. The van der Waals surface area contributed by atoms with Crippen LogP contribution in [0.25, 0.3) is 11.4 Å². The smallest absolute Gasteiger partial charge is 0.251 e. The lowest BCUT2D eigenvalue weighted by atomic mass is 10.2. The van der Waals surface area contributed by atoms with Gasteiger partial charge in [0, 0.05) is 23.8 Å². The number of benzene rings is 1. The van der Waals surface area contributed by atoms with Crippen LogP contribution in [0, 0.1) is 0 Å². The van der Waals surface area contributed by atoms with Crippen molar-refractivity contribution in [2.24, 2.45) is 0 Å². The monoisotopic (exact) mass is 448 g/mol. The number of nitrogens with zero attached hydrogens (tertiary/aromatic N) is 7. The van der Waals surface area contributed by atoms with E-state index in [2.05, 4.69) is 25.8 Å². The SMILES string of the molecule is CC[C@H](C(=O)Nc1cnn(C[C@H](O)CN(C)OC)c1)n1nnc(-c2ccc(Cl)cc2)n1. The van der Waals surface area contributed by atoms with Crippen LogP contribution in [-0.2, 0) is 16.2 Å². The van der Waals surface area contributed by atoms with Gasteiger partial charge in [0.1, 0.15) is 0 Å². The Bertz CT molecular complexity index is 990. The van der Waals surface area contributed by atoms with Gasteiger partial charge in [0.2, 0.25) is 5.82 Å². The van der Waals surface area contributed by atoms with Crippen molar-refractivity contribution >= 4 is 23.2 Å². The van der Waals surface area contributed by atoms with Crippen LogP contribution in [0.2, 0.25) is 5.02 Å². The summed E-state index contributed by atoms with van der Waals surface area (Å²) in [6, 6.07) is 6.42. The predicted molar refractivity (Wildman–Crippen MR) is 114 cm³/mol. The van der Waals surface area contributed by atoms with Crippen LogP contribution in [0.1, 0.15) is 19.4 Å². The molecule has 11 nitrogen and oxygen atoms in total. The fraction of sp³-hybridized carbons (Fsp3) is 0.421. The van der Waals surface area contributed by atoms with Gasteiger partial charge in [-0.15, -0.1) is 10.2 Å². The molecule has 166 valence electrons. The third kappa shape index (κ3) is 6.07. The van der Waals surface area contributed by atoms with Gasteiger partial charge in [-0.05, 0) is 35.9 Å². The second kappa shape index (κ2) is 10.4. The number of hydrogen-bond donors (Lipinski definition) is 2. The minimum absolute atomic E-state index is 0.260. The molecular formula is C19H25ClN8O3. The molecule has 2 N–H and O–H groups in total. The van der Waals surface area contributed by atoms with Gasteiger partial charge in [-0.25, -0.2) is 0 Å². The number of nitrogens with one attached hydrogen (secondary N) is 1. The molecule has 0 bridgehead atoms. The van der Waals surface area contributed by atoms with Gasteiger partial charge in [-0.1, -0.05) is 18.5 Å². The third-order valence-electron chi connectivity index (χ3n) is 4.58. The molecule has 31 heavy (non-hydrogen) atoms. The topological polar surface area (TPSA) is 123 Å². The molecule has 2 atom stereocenters. The zero-order valence-corrected chi connectivity index (χ0v) is 18.3.